The smallest absolute Gasteiger partial charge is 0.121 e. The van der Waals surface area contributed by atoms with Crippen molar-refractivity contribution < 1.29 is 14.0 Å². The molecule has 0 amide bonds. The summed E-state index contributed by atoms with van der Waals surface area (Å²) < 4.78 is 10.9. The quantitative estimate of drug-likeness (QED) is 0.643. The zero-order valence-electron chi connectivity index (χ0n) is 10.6. The highest BCUT2D eigenvalue weighted by Crippen LogP contribution is 2.35. The van der Waals surface area contributed by atoms with E-state index in [1.54, 1.807) is 12.5 Å². The number of oxime groups is 1. The second-order valence-electron chi connectivity index (χ2n) is 4.81. The molecular formula is C14H16N2O3. The van der Waals surface area contributed by atoms with E-state index < -0.39 is 0 Å². The van der Waals surface area contributed by atoms with Crippen LogP contribution in [0.25, 0.3) is 0 Å². The van der Waals surface area contributed by atoms with Crippen LogP contribution in [0.1, 0.15) is 36.9 Å². The Hall–Kier alpha value is -2.01. The summed E-state index contributed by atoms with van der Waals surface area (Å²) in [5.74, 6) is 1.75. The van der Waals surface area contributed by atoms with Gasteiger partial charge in [0.2, 0.25) is 0 Å². The third-order valence-electron chi connectivity index (χ3n) is 3.68. The van der Waals surface area contributed by atoms with Gasteiger partial charge < -0.3 is 14.0 Å². The molecule has 0 radical (unpaired) electrons. The Balaban J connectivity index is 1.91. The third-order valence-corrected chi connectivity index (χ3v) is 3.68. The Bertz CT molecular complexity index is 545. The van der Waals surface area contributed by atoms with Crippen LogP contribution in [0.15, 0.2) is 50.8 Å². The highest BCUT2D eigenvalue weighted by Gasteiger charge is 2.36. The van der Waals surface area contributed by atoms with Crippen molar-refractivity contribution in [3.63, 3.8) is 0 Å². The van der Waals surface area contributed by atoms with Crippen molar-refractivity contribution in [2.45, 2.75) is 25.4 Å². The summed E-state index contributed by atoms with van der Waals surface area (Å²) in [6, 6.07) is 7.52. The van der Waals surface area contributed by atoms with Crippen molar-refractivity contribution in [2.24, 2.45) is 11.1 Å². The van der Waals surface area contributed by atoms with Crippen LogP contribution in [0, 0.1) is 5.92 Å². The van der Waals surface area contributed by atoms with Gasteiger partial charge in [0.15, 0.2) is 0 Å². The minimum Gasteiger partial charge on any atom is -0.468 e. The standard InChI is InChI=1S/C14H16N2O3/c1-9-10(16-17)8-11(12-4-2-6-18-12)15-14(9)13-5-3-7-19-13/h2-7,9,11,14-15,17H,8H2,1H3/b16-10+/t9-,11-,14-/m0/s1. The first kappa shape index (κ1) is 12.0. The Labute approximate surface area is 110 Å². The molecule has 5 nitrogen and oxygen atoms in total. The van der Waals surface area contributed by atoms with E-state index in [-0.39, 0.29) is 18.0 Å². The first-order valence-electron chi connectivity index (χ1n) is 6.33. The summed E-state index contributed by atoms with van der Waals surface area (Å²) in [5.41, 5.74) is 0.751. The molecule has 1 saturated heterocycles. The molecule has 0 spiro atoms. The number of hydrogen-bond acceptors (Lipinski definition) is 5. The van der Waals surface area contributed by atoms with Crippen molar-refractivity contribution in [3.8, 4) is 0 Å². The number of furan rings is 2. The van der Waals surface area contributed by atoms with E-state index in [2.05, 4.69) is 10.5 Å². The average molecular weight is 260 g/mol. The normalized spacial score (nSPS) is 29.7. The van der Waals surface area contributed by atoms with Crippen molar-refractivity contribution in [3.05, 3.63) is 48.3 Å². The van der Waals surface area contributed by atoms with Crippen LogP contribution in [0.4, 0.5) is 0 Å². The van der Waals surface area contributed by atoms with Gasteiger partial charge in [0.1, 0.15) is 11.5 Å². The molecule has 0 unspecified atom stereocenters. The summed E-state index contributed by atoms with van der Waals surface area (Å²) in [6.45, 7) is 2.02. The third kappa shape index (κ3) is 2.17. The lowest BCUT2D eigenvalue weighted by atomic mass is 9.85. The molecule has 19 heavy (non-hydrogen) atoms. The fourth-order valence-corrected chi connectivity index (χ4v) is 2.61. The molecule has 2 aromatic rings. The molecular weight excluding hydrogens is 244 g/mol. The van der Waals surface area contributed by atoms with Crippen molar-refractivity contribution in [1.82, 2.24) is 5.32 Å². The Morgan fingerprint density at radius 2 is 1.89 bits per heavy atom. The lowest BCUT2D eigenvalue weighted by Gasteiger charge is -2.34. The highest BCUT2D eigenvalue weighted by molar-refractivity contribution is 5.88. The molecule has 3 atom stereocenters. The second-order valence-corrected chi connectivity index (χ2v) is 4.81. The molecule has 2 aromatic heterocycles. The van der Waals surface area contributed by atoms with E-state index in [0.29, 0.717) is 6.42 Å². The van der Waals surface area contributed by atoms with Gasteiger partial charge in [-0.1, -0.05) is 12.1 Å². The van der Waals surface area contributed by atoms with Gasteiger partial charge in [0.05, 0.1) is 30.3 Å². The topological polar surface area (TPSA) is 70.9 Å². The predicted octanol–water partition coefficient (Wildman–Crippen LogP) is 3.11. The molecule has 5 heteroatoms. The van der Waals surface area contributed by atoms with Crippen molar-refractivity contribution >= 4 is 5.71 Å². The molecule has 3 heterocycles. The van der Waals surface area contributed by atoms with Crippen molar-refractivity contribution in [1.29, 1.82) is 0 Å². The van der Waals surface area contributed by atoms with Gasteiger partial charge in [0, 0.05) is 12.3 Å². The molecule has 0 aliphatic carbocycles. The number of piperidine rings is 1. The van der Waals surface area contributed by atoms with Crippen LogP contribution in [-0.4, -0.2) is 10.9 Å². The van der Waals surface area contributed by atoms with Crippen LogP contribution >= 0.6 is 0 Å². The van der Waals surface area contributed by atoms with Gasteiger partial charge in [-0.25, -0.2) is 0 Å². The van der Waals surface area contributed by atoms with Crippen LogP contribution < -0.4 is 5.32 Å². The maximum atomic E-state index is 9.19. The molecule has 0 bridgehead atoms. The lowest BCUT2D eigenvalue weighted by Crippen LogP contribution is -2.41. The maximum absolute atomic E-state index is 9.19. The van der Waals surface area contributed by atoms with E-state index in [9.17, 15) is 5.21 Å². The van der Waals surface area contributed by atoms with E-state index in [0.717, 1.165) is 17.2 Å². The fourth-order valence-electron chi connectivity index (χ4n) is 2.61. The van der Waals surface area contributed by atoms with Crippen LogP contribution in [0.2, 0.25) is 0 Å². The largest absolute Gasteiger partial charge is 0.468 e. The zero-order chi connectivity index (χ0) is 13.2. The molecule has 1 aliphatic rings. The first-order valence-corrected chi connectivity index (χ1v) is 6.33. The van der Waals surface area contributed by atoms with E-state index in [1.807, 2.05) is 31.2 Å². The molecule has 100 valence electrons. The van der Waals surface area contributed by atoms with E-state index in [1.165, 1.54) is 0 Å². The second kappa shape index (κ2) is 4.93. The summed E-state index contributed by atoms with van der Waals surface area (Å²) in [7, 11) is 0. The zero-order valence-corrected chi connectivity index (χ0v) is 10.6. The SMILES string of the molecule is C[C@H]1/C(=N/O)C[C@@H](c2ccco2)N[C@@H]1c1ccco1. The predicted molar refractivity (Wildman–Crippen MR) is 69.0 cm³/mol. The summed E-state index contributed by atoms with van der Waals surface area (Å²) >= 11 is 0. The van der Waals surface area contributed by atoms with Crippen LogP contribution in [0.3, 0.4) is 0 Å². The van der Waals surface area contributed by atoms with Crippen LogP contribution in [0.5, 0.6) is 0 Å². The number of nitrogens with one attached hydrogen (secondary N) is 1. The van der Waals surface area contributed by atoms with Gasteiger partial charge >= 0.3 is 0 Å². The lowest BCUT2D eigenvalue weighted by molar-refractivity contribution is 0.267. The molecule has 1 aliphatic heterocycles. The molecule has 0 saturated carbocycles. The van der Waals surface area contributed by atoms with E-state index in [4.69, 9.17) is 8.83 Å². The fraction of sp³-hybridized carbons (Fsp3) is 0.357. The maximum Gasteiger partial charge on any atom is 0.121 e. The Kier molecular flexibility index (Phi) is 3.13. The highest BCUT2D eigenvalue weighted by atomic mass is 16.4. The molecule has 3 rings (SSSR count). The van der Waals surface area contributed by atoms with Crippen LogP contribution in [-0.2, 0) is 0 Å². The monoisotopic (exact) mass is 260 g/mol. The van der Waals surface area contributed by atoms with Gasteiger partial charge in [-0.15, -0.1) is 0 Å². The summed E-state index contributed by atoms with van der Waals surface area (Å²) in [5, 5.41) is 16.1. The summed E-state index contributed by atoms with van der Waals surface area (Å²) in [4.78, 5) is 0. The number of rotatable bonds is 2. The molecule has 1 fully saturated rings. The van der Waals surface area contributed by atoms with Gasteiger partial charge in [-0.05, 0) is 24.3 Å². The molecule has 0 aromatic carbocycles. The minimum absolute atomic E-state index is 0.00722. The number of nitrogens with zero attached hydrogens (tertiary/aromatic N) is 1. The molecule has 2 N–H and O–H groups in total. The summed E-state index contributed by atoms with van der Waals surface area (Å²) in [6.07, 6.45) is 3.92. The van der Waals surface area contributed by atoms with Gasteiger partial charge in [-0.3, -0.25) is 5.32 Å². The van der Waals surface area contributed by atoms with Gasteiger partial charge in [0.25, 0.3) is 0 Å². The van der Waals surface area contributed by atoms with Crippen molar-refractivity contribution in [2.75, 3.05) is 0 Å². The number of hydrogen-bond donors (Lipinski definition) is 2. The Morgan fingerprint density at radius 3 is 2.47 bits per heavy atom. The minimum atomic E-state index is -0.0234. The van der Waals surface area contributed by atoms with E-state index >= 15 is 0 Å². The van der Waals surface area contributed by atoms with Gasteiger partial charge in [-0.2, -0.15) is 0 Å². The Morgan fingerprint density at radius 1 is 1.21 bits per heavy atom. The average Bonchev–Trinajstić information content (AvgIpc) is 3.12. The first-order chi connectivity index (χ1) is 9.29.